The molecule has 4 rings (SSSR count). The first-order valence-electron chi connectivity index (χ1n) is 10.9. The molecule has 1 aliphatic heterocycles. The van der Waals surface area contributed by atoms with Gasteiger partial charge in [0, 0.05) is 19.3 Å². The number of nitrogens with zero attached hydrogens (tertiary/aromatic N) is 5. The van der Waals surface area contributed by atoms with Crippen molar-refractivity contribution in [2.45, 2.75) is 38.9 Å². The molecular formula is C23H24F4N6O. The van der Waals surface area contributed by atoms with Crippen molar-refractivity contribution in [2.75, 3.05) is 18.4 Å². The first-order chi connectivity index (χ1) is 16.1. The molecule has 2 aromatic heterocycles. The van der Waals surface area contributed by atoms with Crippen LogP contribution in [-0.2, 0) is 6.18 Å². The number of benzene rings is 1. The smallest absolute Gasteiger partial charge is 0.368 e. The van der Waals surface area contributed by atoms with Crippen molar-refractivity contribution in [3.63, 3.8) is 0 Å². The van der Waals surface area contributed by atoms with E-state index in [0.29, 0.717) is 12.1 Å². The minimum atomic E-state index is -4.47. The second kappa shape index (κ2) is 9.40. The predicted octanol–water partition coefficient (Wildman–Crippen LogP) is 4.48. The quantitative estimate of drug-likeness (QED) is 0.550. The Kier molecular flexibility index (Phi) is 6.54. The lowest BCUT2D eigenvalue weighted by Gasteiger charge is -2.40. The number of rotatable bonds is 5. The van der Waals surface area contributed by atoms with Gasteiger partial charge in [-0.2, -0.15) is 28.2 Å². The van der Waals surface area contributed by atoms with E-state index in [0.717, 1.165) is 25.1 Å². The Morgan fingerprint density at radius 1 is 1.21 bits per heavy atom. The van der Waals surface area contributed by atoms with E-state index in [1.54, 1.807) is 17.9 Å². The Morgan fingerprint density at radius 2 is 1.94 bits per heavy atom. The maximum absolute atomic E-state index is 15.1. The summed E-state index contributed by atoms with van der Waals surface area (Å²) in [7, 11) is 0. The van der Waals surface area contributed by atoms with E-state index in [9.17, 15) is 18.0 Å². The topological polar surface area (TPSA) is 75.9 Å². The molecule has 1 aromatic carbocycles. The Hall–Kier alpha value is -3.50. The summed E-state index contributed by atoms with van der Waals surface area (Å²) in [5.41, 5.74) is -0.0779. The van der Waals surface area contributed by atoms with Crippen LogP contribution in [0.5, 0.6) is 0 Å². The number of aromatic nitrogens is 4. The van der Waals surface area contributed by atoms with Crippen LogP contribution < -0.4 is 5.32 Å². The highest BCUT2D eigenvalue weighted by atomic mass is 19.4. The summed E-state index contributed by atoms with van der Waals surface area (Å²) in [6.07, 6.45) is 0.806. The molecule has 7 nitrogen and oxygen atoms in total. The number of hydrogen-bond acceptors (Lipinski definition) is 5. The van der Waals surface area contributed by atoms with Crippen LogP contribution >= 0.6 is 0 Å². The van der Waals surface area contributed by atoms with Gasteiger partial charge in [-0.3, -0.25) is 4.79 Å². The zero-order valence-corrected chi connectivity index (χ0v) is 18.7. The zero-order valence-electron chi connectivity index (χ0n) is 18.7. The summed E-state index contributed by atoms with van der Waals surface area (Å²) in [5, 5.41) is 11.1. The van der Waals surface area contributed by atoms with Gasteiger partial charge in [0.05, 0.1) is 24.0 Å². The van der Waals surface area contributed by atoms with Crippen molar-refractivity contribution < 1.29 is 22.4 Å². The lowest BCUT2D eigenvalue weighted by atomic mass is 9.89. The van der Waals surface area contributed by atoms with Crippen LogP contribution in [0.2, 0.25) is 0 Å². The van der Waals surface area contributed by atoms with Crippen LogP contribution in [0.25, 0.3) is 5.69 Å². The summed E-state index contributed by atoms with van der Waals surface area (Å²) in [5.74, 6) is -0.796. The highest BCUT2D eigenvalue weighted by Gasteiger charge is 2.35. The number of alkyl halides is 3. The monoisotopic (exact) mass is 476 g/mol. The Morgan fingerprint density at radius 3 is 2.59 bits per heavy atom. The number of amides is 1. The molecule has 0 bridgehead atoms. The zero-order chi connectivity index (χ0) is 24.5. The third kappa shape index (κ3) is 4.87. The van der Waals surface area contributed by atoms with Gasteiger partial charge < -0.3 is 10.2 Å². The highest BCUT2D eigenvalue weighted by molar-refractivity contribution is 5.98. The van der Waals surface area contributed by atoms with E-state index in [2.05, 4.69) is 20.5 Å². The first kappa shape index (κ1) is 23.7. The van der Waals surface area contributed by atoms with E-state index in [1.807, 2.05) is 6.92 Å². The van der Waals surface area contributed by atoms with Crippen LogP contribution in [0, 0.1) is 18.7 Å². The van der Waals surface area contributed by atoms with Gasteiger partial charge in [0.1, 0.15) is 22.9 Å². The lowest BCUT2D eigenvalue weighted by Crippen LogP contribution is -2.51. The van der Waals surface area contributed by atoms with Gasteiger partial charge in [-0.05, 0) is 55.5 Å². The standard InChI is InChI=1S/C23H24F4N6O/c1-14-10-17(24)21(18(11-14)33-30-7-8-31-33)22(34)32-9-3-4-15(2)19(32)13-29-20-6-5-16(12-28-20)23(25,26)27/h5-8,10-12,15,19H,3-4,9,13H2,1-2H3,(H,28,29). The molecule has 0 saturated carbocycles. The number of halogens is 4. The van der Waals surface area contributed by atoms with Gasteiger partial charge in [0.2, 0.25) is 0 Å². The Labute approximate surface area is 193 Å². The van der Waals surface area contributed by atoms with Crippen molar-refractivity contribution >= 4 is 11.7 Å². The van der Waals surface area contributed by atoms with Gasteiger partial charge in [-0.1, -0.05) is 6.92 Å². The minimum Gasteiger partial charge on any atom is -0.368 e. The Bertz CT molecular complexity index is 1150. The van der Waals surface area contributed by atoms with Gasteiger partial charge in [0.25, 0.3) is 5.91 Å². The van der Waals surface area contributed by atoms with E-state index < -0.39 is 23.5 Å². The molecule has 0 radical (unpaired) electrons. The number of carbonyl (C=O) groups excluding carboxylic acids is 1. The number of pyridine rings is 1. The van der Waals surface area contributed by atoms with Crippen molar-refractivity contribution in [1.82, 2.24) is 24.9 Å². The van der Waals surface area contributed by atoms with Crippen LogP contribution in [-0.4, -0.2) is 49.9 Å². The van der Waals surface area contributed by atoms with E-state index >= 15 is 4.39 Å². The minimum absolute atomic E-state index is 0.0828. The number of anilines is 1. The molecule has 1 amide bonds. The number of likely N-dealkylation sites (tertiary alicyclic amines) is 1. The average Bonchev–Trinajstić information content (AvgIpc) is 3.32. The van der Waals surface area contributed by atoms with Crippen molar-refractivity contribution in [2.24, 2.45) is 5.92 Å². The molecule has 2 atom stereocenters. The fourth-order valence-electron chi connectivity index (χ4n) is 4.26. The molecule has 34 heavy (non-hydrogen) atoms. The number of carbonyl (C=O) groups is 1. The molecule has 180 valence electrons. The summed E-state index contributed by atoms with van der Waals surface area (Å²) < 4.78 is 53.5. The number of piperidine rings is 1. The van der Waals surface area contributed by atoms with Crippen LogP contribution in [0.15, 0.2) is 42.9 Å². The summed E-state index contributed by atoms with van der Waals surface area (Å²) in [4.78, 5) is 20.3. The van der Waals surface area contributed by atoms with E-state index in [4.69, 9.17) is 0 Å². The van der Waals surface area contributed by atoms with E-state index in [-0.39, 0.29) is 35.6 Å². The van der Waals surface area contributed by atoms with E-state index in [1.165, 1.54) is 29.3 Å². The van der Waals surface area contributed by atoms with Crippen molar-refractivity contribution in [3.05, 3.63) is 65.4 Å². The van der Waals surface area contributed by atoms with Gasteiger partial charge in [-0.25, -0.2) is 9.37 Å². The van der Waals surface area contributed by atoms with Gasteiger partial charge in [0.15, 0.2) is 0 Å². The van der Waals surface area contributed by atoms with Crippen LogP contribution in [0.1, 0.15) is 41.3 Å². The summed E-state index contributed by atoms with van der Waals surface area (Å²) >= 11 is 0. The van der Waals surface area contributed by atoms with Crippen molar-refractivity contribution in [3.8, 4) is 5.69 Å². The van der Waals surface area contributed by atoms with Gasteiger partial charge >= 0.3 is 6.18 Å². The molecule has 1 fully saturated rings. The molecule has 2 unspecified atom stereocenters. The number of hydrogen-bond donors (Lipinski definition) is 1. The summed E-state index contributed by atoms with van der Waals surface area (Å²) in [6, 6.07) is 4.84. The third-order valence-corrected chi connectivity index (χ3v) is 6.02. The SMILES string of the molecule is Cc1cc(F)c(C(=O)N2CCCC(C)C2CNc2ccc(C(F)(F)F)cn2)c(-n2nccn2)c1. The molecular weight excluding hydrogens is 452 g/mol. The second-order valence-corrected chi connectivity index (χ2v) is 8.46. The molecule has 0 aliphatic carbocycles. The fraction of sp³-hybridized carbons (Fsp3) is 0.391. The molecule has 1 N–H and O–H groups in total. The predicted molar refractivity (Wildman–Crippen MR) is 117 cm³/mol. The maximum Gasteiger partial charge on any atom is 0.417 e. The largest absolute Gasteiger partial charge is 0.417 e. The molecule has 11 heteroatoms. The normalized spacial score (nSPS) is 18.7. The number of aryl methyl sites for hydroxylation is 1. The highest BCUT2D eigenvalue weighted by Crippen LogP contribution is 2.30. The molecule has 1 saturated heterocycles. The molecule has 1 aliphatic rings. The van der Waals surface area contributed by atoms with Crippen molar-refractivity contribution in [1.29, 1.82) is 0 Å². The third-order valence-electron chi connectivity index (χ3n) is 6.02. The lowest BCUT2D eigenvalue weighted by molar-refractivity contribution is -0.137. The molecule has 3 aromatic rings. The average molecular weight is 476 g/mol. The van der Waals surface area contributed by atoms with Crippen LogP contribution in [0.3, 0.4) is 0 Å². The van der Waals surface area contributed by atoms with Crippen LogP contribution in [0.4, 0.5) is 23.4 Å². The fourth-order valence-corrected chi connectivity index (χ4v) is 4.26. The number of nitrogens with one attached hydrogen (secondary N) is 1. The first-order valence-corrected chi connectivity index (χ1v) is 10.9. The van der Waals surface area contributed by atoms with Gasteiger partial charge in [-0.15, -0.1) is 0 Å². The molecule has 0 spiro atoms. The Balaban J connectivity index is 1.59. The summed E-state index contributed by atoms with van der Waals surface area (Å²) in [6.45, 7) is 4.40. The maximum atomic E-state index is 15.1. The second-order valence-electron chi connectivity index (χ2n) is 8.46. The molecule has 3 heterocycles.